The van der Waals surface area contributed by atoms with Crippen LogP contribution in [-0.4, -0.2) is 43.5 Å². The summed E-state index contributed by atoms with van der Waals surface area (Å²) in [4.78, 5) is 22.7. The third-order valence-corrected chi connectivity index (χ3v) is 5.37. The Kier molecular flexibility index (Phi) is 11.2. The largest absolute Gasteiger partial charge is 0.369 e. The number of carbonyl (C=O) groups is 1. The van der Waals surface area contributed by atoms with Crippen molar-refractivity contribution in [2.75, 3.05) is 31.6 Å². The summed E-state index contributed by atoms with van der Waals surface area (Å²) in [6, 6.07) is 4.01. The first-order valence-electron chi connectivity index (χ1n) is 10.0. The predicted molar refractivity (Wildman–Crippen MR) is 126 cm³/mol. The maximum Gasteiger partial charge on any atom is 0.222 e. The topological polar surface area (TPSA) is 95.6 Å². The van der Waals surface area contributed by atoms with E-state index in [1.165, 1.54) is 0 Å². The first-order chi connectivity index (χ1) is 13.1. The Morgan fingerprint density at radius 2 is 2.14 bits per heavy atom. The van der Waals surface area contributed by atoms with Crippen LogP contribution in [0.3, 0.4) is 0 Å². The molecule has 1 unspecified atom stereocenters. The lowest BCUT2D eigenvalue weighted by Crippen LogP contribution is -2.42. The summed E-state index contributed by atoms with van der Waals surface area (Å²) in [5, 5.41) is 6.79. The van der Waals surface area contributed by atoms with E-state index in [0.29, 0.717) is 19.0 Å². The summed E-state index contributed by atoms with van der Waals surface area (Å²) >= 11 is 0. The number of pyridine rings is 1. The zero-order chi connectivity index (χ0) is 19.6. The molecule has 4 N–H and O–H groups in total. The van der Waals surface area contributed by atoms with Crippen LogP contribution in [0.1, 0.15) is 45.1 Å². The molecule has 0 aliphatic carbocycles. The molecule has 0 bridgehead atoms. The maximum atomic E-state index is 11.6. The van der Waals surface area contributed by atoms with Crippen LogP contribution in [0, 0.1) is 11.8 Å². The van der Waals surface area contributed by atoms with Crippen LogP contribution in [-0.2, 0) is 11.3 Å². The highest BCUT2D eigenvalue weighted by Crippen LogP contribution is 2.24. The number of primary amides is 1. The molecule has 1 aromatic heterocycles. The van der Waals surface area contributed by atoms with E-state index >= 15 is 0 Å². The van der Waals surface area contributed by atoms with E-state index in [4.69, 9.17) is 5.73 Å². The van der Waals surface area contributed by atoms with Gasteiger partial charge in [0.05, 0.1) is 5.92 Å². The molecule has 0 radical (unpaired) electrons. The molecule has 1 amide bonds. The van der Waals surface area contributed by atoms with Gasteiger partial charge < -0.3 is 21.3 Å². The van der Waals surface area contributed by atoms with E-state index in [9.17, 15) is 4.79 Å². The van der Waals surface area contributed by atoms with Crippen molar-refractivity contribution in [3.05, 3.63) is 23.9 Å². The minimum atomic E-state index is -0.221. The van der Waals surface area contributed by atoms with Crippen LogP contribution < -0.4 is 21.3 Å². The maximum absolute atomic E-state index is 11.6. The van der Waals surface area contributed by atoms with Gasteiger partial charge in [0.2, 0.25) is 5.91 Å². The third kappa shape index (κ3) is 7.10. The number of halogens is 1. The molecule has 8 heteroatoms. The number of carbonyl (C=O) groups excluding carboxylic acids is 1. The first-order valence-corrected chi connectivity index (χ1v) is 10.0. The second-order valence-electron chi connectivity index (χ2n) is 7.16. The number of amides is 1. The van der Waals surface area contributed by atoms with Crippen molar-refractivity contribution in [3.8, 4) is 0 Å². The van der Waals surface area contributed by atoms with Gasteiger partial charge in [-0.2, -0.15) is 0 Å². The van der Waals surface area contributed by atoms with Crippen LogP contribution >= 0.6 is 24.0 Å². The van der Waals surface area contributed by atoms with E-state index in [2.05, 4.69) is 45.4 Å². The number of guanidine groups is 1. The van der Waals surface area contributed by atoms with E-state index in [-0.39, 0.29) is 35.8 Å². The second-order valence-corrected chi connectivity index (χ2v) is 7.16. The molecule has 1 aliphatic rings. The van der Waals surface area contributed by atoms with Gasteiger partial charge in [-0.05, 0) is 24.8 Å². The number of hydrogen-bond donors (Lipinski definition) is 3. The minimum Gasteiger partial charge on any atom is -0.369 e. The zero-order valence-electron chi connectivity index (χ0n) is 17.3. The third-order valence-electron chi connectivity index (χ3n) is 5.37. The fraction of sp³-hybridized carbons (Fsp3) is 0.650. The van der Waals surface area contributed by atoms with Crippen molar-refractivity contribution in [3.63, 3.8) is 0 Å². The molecule has 1 atom stereocenters. The summed E-state index contributed by atoms with van der Waals surface area (Å²) in [6.45, 7) is 7.51. The lowest BCUT2D eigenvalue weighted by atomic mass is 9.97. The summed E-state index contributed by atoms with van der Waals surface area (Å²) in [7, 11) is 1.79. The SMILES string of the molecule is CCC(CC)CNC(=NC)NCc1cccnc1N1CCCC(C(N)=O)C1.I. The van der Waals surface area contributed by atoms with Gasteiger partial charge in [-0.1, -0.05) is 32.8 Å². The first kappa shape index (κ1) is 24.5. The number of aliphatic imine (C=N–C) groups is 1. The van der Waals surface area contributed by atoms with Gasteiger partial charge in [-0.15, -0.1) is 24.0 Å². The Labute approximate surface area is 186 Å². The molecule has 28 heavy (non-hydrogen) atoms. The number of piperidine rings is 1. The molecular formula is C20H35IN6O. The highest BCUT2D eigenvalue weighted by atomic mass is 127. The van der Waals surface area contributed by atoms with Gasteiger partial charge in [-0.25, -0.2) is 4.98 Å². The normalized spacial score (nSPS) is 17.2. The standard InChI is InChI=1S/C20H34N6O.HI/c1-4-15(5-2)12-24-20(22-3)25-13-16-8-6-10-23-19(16)26-11-7-9-17(14-26)18(21)27;/h6,8,10,15,17H,4-5,7,9,11-14H2,1-3H3,(H2,21,27)(H2,22,24,25);1H. The van der Waals surface area contributed by atoms with E-state index in [1.54, 1.807) is 13.2 Å². The minimum absolute atomic E-state index is 0. The Morgan fingerprint density at radius 3 is 2.79 bits per heavy atom. The lowest BCUT2D eigenvalue weighted by molar-refractivity contribution is -0.122. The molecule has 0 saturated carbocycles. The van der Waals surface area contributed by atoms with Gasteiger partial charge in [0.15, 0.2) is 5.96 Å². The molecule has 7 nitrogen and oxygen atoms in total. The van der Waals surface area contributed by atoms with Crippen molar-refractivity contribution >= 4 is 41.7 Å². The van der Waals surface area contributed by atoms with Crippen LogP contribution in [0.2, 0.25) is 0 Å². The lowest BCUT2D eigenvalue weighted by Gasteiger charge is -2.33. The quantitative estimate of drug-likeness (QED) is 0.289. The summed E-state index contributed by atoms with van der Waals surface area (Å²) in [6.07, 6.45) is 5.92. The van der Waals surface area contributed by atoms with Crippen molar-refractivity contribution < 1.29 is 4.79 Å². The predicted octanol–water partition coefficient (Wildman–Crippen LogP) is 2.50. The van der Waals surface area contributed by atoms with Crippen molar-refractivity contribution in [1.29, 1.82) is 0 Å². The Morgan fingerprint density at radius 1 is 1.39 bits per heavy atom. The van der Waals surface area contributed by atoms with Crippen LogP contribution in [0.5, 0.6) is 0 Å². The van der Waals surface area contributed by atoms with Crippen LogP contribution in [0.4, 0.5) is 5.82 Å². The monoisotopic (exact) mass is 502 g/mol. The summed E-state index contributed by atoms with van der Waals surface area (Å²) in [5.74, 6) is 2.05. The van der Waals surface area contributed by atoms with Gasteiger partial charge >= 0.3 is 0 Å². The van der Waals surface area contributed by atoms with E-state index < -0.39 is 0 Å². The Bertz CT molecular complexity index is 635. The number of nitrogens with two attached hydrogens (primary N) is 1. The number of aromatic nitrogens is 1. The van der Waals surface area contributed by atoms with Crippen LogP contribution in [0.25, 0.3) is 0 Å². The fourth-order valence-electron chi connectivity index (χ4n) is 3.47. The molecule has 1 aromatic rings. The van der Waals surface area contributed by atoms with Crippen molar-refractivity contribution in [2.24, 2.45) is 22.6 Å². The second kappa shape index (κ2) is 12.8. The molecule has 0 aromatic carbocycles. The van der Waals surface area contributed by atoms with Crippen molar-refractivity contribution in [2.45, 2.75) is 46.1 Å². The number of rotatable bonds is 8. The number of nitrogens with zero attached hydrogens (tertiary/aromatic N) is 3. The highest BCUT2D eigenvalue weighted by Gasteiger charge is 2.25. The summed E-state index contributed by atoms with van der Waals surface area (Å²) < 4.78 is 0. The molecule has 1 saturated heterocycles. The smallest absolute Gasteiger partial charge is 0.222 e. The van der Waals surface area contributed by atoms with Gasteiger partial charge in [0.25, 0.3) is 0 Å². The van der Waals surface area contributed by atoms with E-state index in [1.807, 2.05) is 6.07 Å². The van der Waals surface area contributed by atoms with E-state index in [0.717, 1.165) is 56.1 Å². The molecule has 1 aliphatic heterocycles. The molecule has 158 valence electrons. The highest BCUT2D eigenvalue weighted by molar-refractivity contribution is 14.0. The Balaban J connectivity index is 0.00000392. The van der Waals surface area contributed by atoms with Crippen molar-refractivity contribution in [1.82, 2.24) is 15.6 Å². The molecule has 1 fully saturated rings. The number of anilines is 1. The number of nitrogens with one attached hydrogen (secondary N) is 2. The number of hydrogen-bond acceptors (Lipinski definition) is 4. The summed E-state index contributed by atoms with van der Waals surface area (Å²) in [5.41, 5.74) is 6.61. The molecule has 2 rings (SSSR count). The molecule has 2 heterocycles. The Hall–Kier alpha value is -1.58. The van der Waals surface area contributed by atoms with Crippen LogP contribution in [0.15, 0.2) is 23.3 Å². The van der Waals surface area contributed by atoms with Gasteiger partial charge in [0, 0.05) is 45.0 Å². The van der Waals surface area contributed by atoms with Gasteiger partial charge in [-0.3, -0.25) is 9.79 Å². The molecular weight excluding hydrogens is 467 g/mol. The zero-order valence-corrected chi connectivity index (χ0v) is 19.6. The molecule has 0 spiro atoms. The fourth-order valence-corrected chi connectivity index (χ4v) is 3.47. The average molecular weight is 502 g/mol. The van der Waals surface area contributed by atoms with Gasteiger partial charge in [0.1, 0.15) is 5.82 Å². The average Bonchev–Trinajstić information content (AvgIpc) is 2.71.